The highest BCUT2D eigenvalue weighted by molar-refractivity contribution is 9.10. The zero-order chi connectivity index (χ0) is 14.7. The third-order valence-electron chi connectivity index (χ3n) is 3.57. The summed E-state index contributed by atoms with van der Waals surface area (Å²) in [4.78, 5) is 14.3. The average molecular weight is 360 g/mol. The Labute approximate surface area is 131 Å². The van der Waals surface area contributed by atoms with Gasteiger partial charge in [-0.15, -0.1) is 0 Å². The van der Waals surface area contributed by atoms with Crippen molar-refractivity contribution in [2.24, 2.45) is 11.1 Å². The molecular formula is C14H16BrClN2O2. The lowest BCUT2D eigenvalue weighted by atomic mass is 9.93. The van der Waals surface area contributed by atoms with Crippen LogP contribution < -0.4 is 0 Å². The van der Waals surface area contributed by atoms with Crippen molar-refractivity contribution in [3.05, 3.63) is 33.3 Å². The summed E-state index contributed by atoms with van der Waals surface area (Å²) in [6.45, 7) is 3.18. The Morgan fingerprint density at radius 3 is 2.90 bits per heavy atom. The van der Waals surface area contributed by atoms with Gasteiger partial charge in [0, 0.05) is 40.5 Å². The molecule has 1 heterocycles. The Bertz CT molecular complexity index is 528. The molecule has 0 radical (unpaired) electrons. The second kappa shape index (κ2) is 6.59. The molecule has 1 aliphatic rings. The van der Waals surface area contributed by atoms with E-state index < -0.39 is 0 Å². The first kappa shape index (κ1) is 15.3. The predicted octanol–water partition coefficient (Wildman–Crippen LogP) is 3.80. The number of carbonyl (C=O) groups excluding carboxylic acids is 1. The third-order valence-corrected chi connectivity index (χ3v) is 4.24. The molecule has 1 aromatic rings. The first-order valence-corrected chi connectivity index (χ1v) is 7.68. The van der Waals surface area contributed by atoms with Crippen LogP contribution in [0.1, 0.15) is 30.1 Å². The monoisotopic (exact) mass is 358 g/mol. The molecule has 108 valence electrons. The third kappa shape index (κ3) is 3.33. The topological polar surface area (TPSA) is 52.9 Å². The highest BCUT2D eigenvalue weighted by atomic mass is 79.9. The van der Waals surface area contributed by atoms with Crippen LogP contribution in [0.25, 0.3) is 0 Å². The van der Waals surface area contributed by atoms with E-state index in [0.717, 1.165) is 16.6 Å². The summed E-state index contributed by atoms with van der Waals surface area (Å²) in [5.41, 5.74) is 1.35. The van der Waals surface area contributed by atoms with Gasteiger partial charge in [0.2, 0.25) is 0 Å². The van der Waals surface area contributed by atoms with Gasteiger partial charge < -0.3 is 10.1 Å². The molecule has 6 heteroatoms. The molecule has 0 bridgehead atoms. The highest BCUT2D eigenvalue weighted by Gasteiger charge is 2.28. The van der Waals surface area contributed by atoms with Crippen molar-refractivity contribution in [2.45, 2.75) is 19.8 Å². The first-order valence-electron chi connectivity index (χ1n) is 6.51. The number of nitrogens with zero attached hydrogens (tertiary/aromatic N) is 2. The van der Waals surface area contributed by atoms with Crippen molar-refractivity contribution in [2.75, 3.05) is 13.1 Å². The molecule has 0 aliphatic carbocycles. The van der Waals surface area contributed by atoms with Crippen LogP contribution in [-0.4, -0.2) is 34.8 Å². The molecule has 4 nitrogen and oxygen atoms in total. The van der Waals surface area contributed by atoms with E-state index >= 15 is 0 Å². The molecule has 1 fully saturated rings. The van der Waals surface area contributed by atoms with Gasteiger partial charge in [0.15, 0.2) is 0 Å². The number of benzene rings is 1. The summed E-state index contributed by atoms with van der Waals surface area (Å²) in [6, 6.07) is 5.19. The van der Waals surface area contributed by atoms with Crippen LogP contribution in [0, 0.1) is 5.92 Å². The van der Waals surface area contributed by atoms with Crippen molar-refractivity contribution < 1.29 is 10.0 Å². The fraction of sp³-hybridized carbons (Fsp3) is 0.429. The normalized spacial score (nSPS) is 21.2. The van der Waals surface area contributed by atoms with Crippen LogP contribution in [-0.2, 0) is 0 Å². The van der Waals surface area contributed by atoms with E-state index in [4.69, 9.17) is 16.8 Å². The van der Waals surface area contributed by atoms with Gasteiger partial charge in [-0.1, -0.05) is 39.6 Å². The number of hydrogen-bond donors (Lipinski definition) is 1. The molecule has 1 N–H and O–H groups in total. The van der Waals surface area contributed by atoms with Crippen molar-refractivity contribution in [1.29, 1.82) is 0 Å². The second-order valence-corrected chi connectivity index (χ2v) is 6.21. The average Bonchev–Trinajstić information content (AvgIpc) is 2.44. The summed E-state index contributed by atoms with van der Waals surface area (Å²) in [5, 5.41) is 12.8. The number of rotatable bonds is 2. The first-order chi connectivity index (χ1) is 9.55. The maximum Gasteiger partial charge on any atom is 0.253 e. The molecule has 20 heavy (non-hydrogen) atoms. The molecule has 0 aromatic heterocycles. The Morgan fingerprint density at radius 2 is 2.30 bits per heavy atom. The van der Waals surface area contributed by atoms with Crippen LogP contribution in [0.15, 0.2) is 27.8 Å². The minimum atomic E-state index is -0.0383. The lowest BCUT2D eigenvalue weighted by molar-refractivity contribution is 0.0729. The van der Waals surface area contributed by atoms with Crippen molar-refractivity contribution >= 4 is 39.1 Å². The summed E-state index contributed by atoms with van der Waals surface area (Å²) < 4.78 is 0.787. The SMILES string of the molecule is CCC1CN(C(=O)c2cc(Cl)cc(Br)c2)CC/C1=N\O. The zero-order valence-electron chi connectivity index (χ0n) is 11.1. The van der Waals surface area contributed by atoms with Crippen LogP contribution in [0.2, 0.25) is 5.02 Å². The maximum absolute atomic E-state index is 12.5. The summed E-state index contributed by atoms with van der Waals surface area (Å²) >= 11 is 9.33. The maximum atomic E-state index is 12.5. The predicted molar refractivity (Wildman–Crippen MR) is 82.7 cm³/mol. The quantitative estimate of drug-likeness (QED) is 0.645. The fourth-order valence-corrected chi connectivity index (χ4v) is 3.32. The molecule has 1 aliphatic heterocycles. The van der Waals surface area contributed by atoms with Crippen LogP contribution in [0.3, 0.4) is 0 Å². The van der Waals surface area contributed by atoms with Gasteiger partial charge in [0.25, 0.3) is 5.91 Å². The largest absolute Gasteiger partial charge is 0.411 e. The van der Waals surface area contributed by atoms with Crippen molar-refractivity contribution in [3.63, 3.8) is 0 Å². The molecule has 1 saturated heterocycles. The number of halogens is 2. The summed E-state index contributed by atoms with van der Waals surface area (Å²) in [5.74, 6) is 0.0870. The molecule has 2 rings (SSSR count). The number of oxime groups is 1. The molecule has 0 spiro atoms. The summed E-state index contributed by atoms with van der Waals surface area (Å²) in [7, 11) is 0. The molecule has 0 saturated carbocycles. The Balaban J connectivity index is 2.17. The van der Waals surface area contributed by atoms with E-state index in [1.165, 1.54) is 0 Å². The van der Waals surface area contributed by atoms with Gasteiger partial charge in [-0.2, -0.15) is 0 Å². The smallest absolute Gasteiger partial charge is 0.253 e. The lowest BCUT2D eigenvalue weighted by Crippen LogP contribution is -2.44. The van der Waals surface area contributed by atoms with Gasteiger partial charge in [-0.05, 0) is 24.6 Å². The Kier molecular flexibility index (Phi) is 5.05. The number of amides is 1. The molecule has 1 aromatic carbocycles. The Hall–Kier alpha value is -1.07. The molecule has 1 unspecified atom stereocenters. The number of hydrogen-bond acceptors (Lipinski definition) is 3. The van der Waals surface area contributed by atoms with E-state index in [1.54, 1.807) is 23.1 Å². The number of piperidine rings is 1. The van der Waals surface area contributed by atoms with Gasteiger partial charge >= 0.3 is 0 Å². The van der Waals surface area contributed by atoms with Crippen molar-refractivity contribution in [3.8, 4) is 0 Å². The lowest BCUT2D eigenvalue weighted by Gasteiger charge is -2.33. The van der Waals surface area contributed by atoms with Gasteiger partial charge in [0.05, 0.1) is 5.71 Å². The van der Waals surface area contributed by atoms with Crippen LogP contribution >= 0.6 is 27.5 Å². The van der Waals surface area contributed by atoms with E-state index in [-0.39, 0.29) is 11.8 Å². The number of likely N-dealkylation sites (tertiary alicyclic amines) is 1. The molecule has 1 atom stereocenters. The molecule has 1 amide bonds. The van der Waals surface area contributed by atoms with Crippen molar-refractivity contribution in [1.82, 2.24) is 4.90 Å². The molecular weight excluding hydrogens is 344 g/mol. The zero-order valence-corrected chi connectivity index (χ0v) is 13.5. The van der Waals surface area contributed by atoms with Crippen LogP contribution in [0.5, 0.6) is 0 Å². The minimum absolute atomic E-state index is 0.0383. The fourth-order valence-electron chi connectivity index (χ4n) is 2.46. The van der Waals surface area contributed by atoms with Crippen LogP contribution in [0.4, 0.5) is 0 Å². The van der Waals surface area contributed by atoms with E-state index in [9.17, 15) is 4.79 Å². The highest BCUT2D eigenvalue weighted by Crippen LogP contribution is 2.23. The minimum Gasteiger partial charge on any atom is -0.411 e. The standard InChI is InChI=1S/C14H16BrClN2O2/c1-2-9-8-18(4-3-13(9)17-20)14(19)10-5-11(15)7-12(16)6-10/h5-7,9,20H,2-4,8H2,1H3/b17-13+. The second-order valence-electron chi connectivity index (χ2n) is 4.86. The van der Waals surface area contributed by atoms with E-state index in [2.05, 4.69) is 21.1 Å². The summed E-state index contributed by atoms with van der Waals surface area (Å²) in [6.07, 6.45) is 1.46. The van der Waals surface area contributed by atoms with Gasteiger partial charge in [-0.25, -0.2) is 0 Å². The Morgan fingerprint density at radius 1 is 1.55 bits per heavy atom. The van der Waals surface area contributed by atoms with E-state index in [1.807, 2.05) is 6.92 Å². The van der Waals surface area contributed by atoms with Gasteiger partial charge in [-0.3, -0.25) is 4.79 Å². The number of carbonyl (C=O) groups is 1. The van der Waals surface area contributed by atoms with Gasteiger partial charge in [0.1, 0.15) is 0 Å². The van der Waals surface area contributed by atoms with E-state index in [0.29, 0.717) is 30.1 Å².